The van der Waals surface area contributed by atoms with E-state index in [4.69, 9.17) is 0 Å². The van der Waals surface area contributed by atoms with Crippen LogP contribution < -0.4 is 4.90 Å². The summed E-state index contributed by atoms with van der Waals surface area (Å²) in [5.74, 6) is 0.537. The summed E-state index contributed by atoms with van der Waals surface area (Å²) in [4.78, 5) is 34.6. The van der Waals surface area contributed by atoms with Gasteiger partial charge < -0.3 is 9.80 Å². The van der Waals surface area contributed by atoms with Crippen LogP contribution in [-0.4, -0.2) is 40.8 Å². The molecule has 2 amide bonds. The van der Waals surface area contributed by atoms with Gasteiger partial charge in [-0.2, -0.15) is 0 Å². The molecule has 2 aromatic carbocycles. The van der Waals surface area contributed by atoms with Gasteiger partial charge in [-0.25, -0.2) is 4.39 Å². The molecule has 2 aliphatic heterocycles. The first-order valence-electron chi connectivity index (χ1n) is 14.4. The molecule has 5 rings (SSSR count). The van der Waals surface area contributed by atoms with Gasteiger partial charge in [0.25, 0.3) is 11.8 Å². The van der Waals surface area contributed by atoms with Crippen molar-refractivity contribution in [2.24, 2.45) is 11.8 Å². The zero-order chi connectivity index (χ0) is 28.2. The number of amides is 2. The van der Waals surface area contributed by atoms with Crippen molar-refractivity contribution in [1.82, 2.24) is 9.88 Å². The predicted octanol–water partition coefficient (Wildman–Crippen LogP) is 6.77. The lowest BCUT2D eigenvalue weighted by Gasteiger charge is -2.36. The number of hydrogen-bond donors (Lipinski definition) is 0. The van der Waals surface area contributed by atoms with Gasteiger partial charge in [-0.1, -0.05) is 29.8 Å². The van der Waals surface area contributed by atoms with Gasteiger partial charge in [-0.3, -0.25) is 14.6 Å². The maximum atomic E-state index is 13.8. The second kappa shape index (κ2) is 12.2. The smallest absolute Gasteiger partial charge is 0.254 e. The van der Waals surface area contributed by atoms with Crippen LogP contribution in [-0.2, 0) is 11.2 Å². The molecule has 1 saturated heterocycles. The summed E-state index contributed by atoms with van der Waals surface area (Å²) in [6.45, 7) is 7.65. The van der Waals surface area contributed by atoms with Gasteiger partial charge in [0.05, 0.1) is 6.04 Å². The number of hydrogen-bond acceptors (Lipinski definition) is 3. The molecule has 6 heteroatoms. The third kappa shape index (κ3) is 6.01. The van der Waals surface area contributed by atoms with Crippen LogP contribution in [0.2, 0.25) is 0 Å². The minimum absolute atomic E-state index is 0.0299. The highest BCUT2D eigenvalue weighted by Gasteiger charge is 2.38. The molecule has 208 valence electrons. The van der Waals surface area contributed by atoms with E-state index in [2.05, 4.69) is 43.1 Å². The fourth-order valence-electron chi connectivity index (χ4n) is 6.25. The van der Waals surface area contributed by atoms with Crippen LogP contribution in [0.25, 0.3) is 0 Å². The number of rotatable bonds is 8. The summed E-state index contributed by atoms with van der Waals surface area (Å²) in [7, 11) is 0. The lowest BCUT2D eigenvalue weighted by Crippen LogP contribution is -2.40. The number of piperidine rings is 1. The zero-order valence-corrected chi connectivity index (χ0v) is 23.6. The van der Waals surface area contributed by atoms with Crippen molar-refractivity contribution in [1.29, 1.82) is 0 Å². The Bertz CT molecular complexity index is 1360. The van der Waals surface area contributed by atoms with E-state index in [-0.39, 0.29) is 23.7 Å². The third-order valence-corrected chi connectivity index (χ3v) is 8.88. The highest BCUT2D eigenvalue weighted by molar-refractivity contribution is 6.10. The van der Waals surface area contributed by atoms with E-state index in [0.29, 0.717) is 17.4 Å². The molecule has 0 spiro atoms. The van der Waals surface area contributed by atoms with Gasteiger partial charge in [0.1, 0.15) is 5.82 Å². The van der Waals surface area contributed by atoms with Crippen molar-refractivity contribution in [3.05, 3.63) is 107 Å². The quantitative estimate of drug-likeness (QED) is 0.317. The van der Waals surface area contributed by atoms with Gasteiger partial charge in [-0.05, 0) is 112 Å². The third-order valence-electron chi connectivity index (χ3n) is 8.88. The molecule has 2 unspecified atom stereocenters. The first kappa shape index (κ1) is 27.8. The van der Waals surface area contributed by atoms with E-state index in [1.165, 1.54) is 23.3 Å². The van der Waals surface area contributed by atoms with E-state index >= 15 is 0 Å². The normalized spacial score (nSPS) is 18.9. The molecule has 3 heterocycles. The van der Waals surface area contributed by atoms with Crippen LogP contribution in [0.5, 0.6) is 0 Å². The van der Waals surface area contributed by atoms with Crippen molar-refractivity contribution >= 4 is 17.5 Å². The Balaban J connectivity index is 1.32. The number of nitrogens with zero attached hydrogens (tertiary/aromatic N) is 3. The average Bonchev–Trinajstić information content (AvgIpc) is 3.19. The Labute approximate surface area is 236 Å². The Morgan fingerprint density at radius 1 is 0.975 bits per heavy atom. The van der Waals surface area contributed by atoms with E-state index in [1.54, 1.807) is 41.6 Å². The monoisotopic (exact) mass is 539 g/mol. The largest absolute Gasteiger partial charge is 0.339 e. The second-order valence-corrected chi connectivity index (χ2v) is 11.3. The molecule has 5 nitrogen and oxygen atoms in total. The number of aryl methyl sites for hydroxylation is 2. The summed E-state index contributed by atoms with van der Waals surface area (Å²) in [6.07, 6.45) is 7.83. The standard InChI is InChI=1S/C34H38FN3O2/c1-23-4-6-26(7-5-23)8-9-29(27-16-20-37(21-17-27)33(39)28-14-18-36-19-15-28)22-32-24(2)25(3)38(34(32)40)31-12-10-30(35)11-13-31/h4-7,10-15,18-19,25,27,29H,8-9,16-17,20-22H2,1-3H3. The van der Waals surface area contributed by atoms with Gasteiger partial charge in [0.2, 0.25) is 0 Å². The van der Waals surface area contributed by atoms with Gasteiger partial charge >= 0.3 is 0 Å². The van der Waals surface area contributed by atoms with Crippen LogP contribution in [0.3, 0.4) is 0 Å². The predicted molar refractivity (Wildman–Crippen MR) is 157 cm³/mol. The Hall–Kier alpha value is -3.80. The number of anilines is 1. The van der Waals surface area contributed by atoms with Crippen molar-refractivity contribution < 1.29 is 14.0 Å². The maximum Gasteiger partial charge on any atom is 0.254 e. The number of aromatic nitrogens is 1. The highest BCUT2D eigenvalue weighted by atomic mass is 19.1. The molecule has 40 heavy (non-hydrogen) atoms. The van der Waals surface area contributed by atoms with Crippen molar-refractivity contribution in [3.8, 4) is 0 Å². The van der Waals surface area contributed by atoms with Crippen LogP contribution in [0.15, 0.2) is 84.2 Å². The molecule has 1 aromatic heterocycles. The molecule has 0 saturated carbocycles. The topological polar surface area (TPSA) is 53.5 Å². The van der Waals surface area contributed by atoms with Crippen LogP contribution in [0, 0.1) is 24.6 Å². The van der Waals surface area contributed by atoms with Gasteiger partial charge in [0.15, 0.2) is 0 Å². The first-order valence-corrected chi connectivity index (χ1v) is 14.4. The number of halogens is 1. The van der Waals surface area contributed by atoms with Crippen LogP contribution in [0.1, 0.15) is 61.0 Å². The SMILES string of the molecule is CC1=C(CC(CCc2ccc(C)cc2)C2CCN(C(=O)c3ccncc3)CC2)C(=O)N(c2ccc(F)cc2)C1C. The van der Waals surface area contributed by atoms with E-state index in [9.17, 15) is 14.0 Å². The van der Waals surface area contributed by atoms with Gasteiger partial charge in [-0.15, -0.1) is 0 Å². The van der Waals surface area contributed by atoms with Crippen molar-refractivity contribution in [3.63, 3.8) is 0 Å². The maximum absolute atomic E-state index is 13.8. The second-order valence-electron chi connectivity index (χ2n) is 11.3. The molecule has 0 N–H and O–H groups in total. The number of benzene rings is 2. The number of carbonyl (C=O) groups is 2. The minimum atomic E-state index is -0.308. The Morgan fingerprint density at radius 2 is 1.62 bits per heavy atom. The van der Waals surface area contributed by atoms with Gasteiger partial charge in [0, 0.05) is 42.3 Å². The lowest BCUT2D eigenvalue weighted by molar-refractivity contribution is -0.115. The number of likely N-dealkylation sites (tertiary alicyclic amines) is 1. The fraction of sp³-hybridized carbons (Fsp3) is 0.382. The molecule has 0 radical (unpaired) electrons. The summed E-state index contributed by atoms with van der Waals surface area (Å²) < 4.78 is 13.6. The van der Waals surface area contributed by atoms with Crippen molar-refractivity contribution in [2.45, 2.75) is 58.9 Å². The number of carbonyl (C=O) groups excluding carboxylic acids is 2. The first-order chi connectivity index (χ1) is 19.3. The highest BCUT2D eigenvalue weighted by Crippen LogP contribution is 2.39. The summed E-state index contributed by atoms with van der Waals surface area (Å²) >= 11 is 0. The molecule has 1 fully saturated rings. The fourth-order valence-corrected chi connectivity index (χ4v) is 6.25. The molecule has 2 aliphatic rings. The van der Waals surface area contributed by atoms with Crippen LogP contribution in [0.4, 0.5) is 10.1 Å². The summed E-state index contributed by atoms with van der Waals surface area (Å²) in [6, 6.07) is 18.4. The Morgan fingerprint density at radius 3 is 2.27 bits per heavy atom. The number of pyridine rings is 1. The van der Waals surface area contributed by atoms with Crippen LogP contribution >= 0.6 is 0 Å². The van der Waals surface area contributed by atoms with E-state index < -0.39 is 0 Å². The molecular formula is C34H38FN3O2. The van der Waals surface area contributed by atoms with E-state index in [0.717, 1.165) is 62.0 Å². The summed E-state index contributed by atoms with van der Waals surface area (Å²) in [5.41, 5.74) is 5.95. The minimum Gasteiger partial charge on any atom is -0.339 e. The molecule has 3 aromatic rings. The molecular weight excluding hydrogens is 501 g/mol. The lowest BCUT2D eigenvalue weighted by atomic mass is 9.77. The molecule has 2 atom stereocenters. The Kier molecular flexibility index (Phi) is 8.43. The van der Waals surface area contributed by atoms with Crippen molar-refractivity contribution in [2.75, 3.05) is 18.0 Å². The zero-order valence-electron chi connectivity index (χ0n) is 23.6. The summed E-state index contributed by atoms with van der Waals surface area (Å²) in [5, 5.41) is 0. The molecule has 0 bridgehead atoms. The average molecular weight is 540 g/mol. The molecule has 0 aliphatic carbocycles. The van der Waals surface area contributed by atoms with E-state index in [1.807, 2.05) is 11.8 Å².